The molecule has 1 heterocycles. The van der Waals surface area contributed by atoms with Gasteiger partial charge in [-0.15, -0.1) is 0 Å². The van der Waals surface area contributed by atoms with Crippen molar-refractivity contribution >= 4 is 33.7 Å². The highest BCUT2D eigenvalue weighted by atomic mass is 32.2. The topological polar surface area (TPSA) is 136 Å². The lowest BCUT2D eigenvalue weighted by molar-refractivity contribution is -0.137. The number of sulfonamides is 1. The summed E-state index contributed by atoms with van der Waals surface area (Å²) in [5.74, 6) is 0.390. The Morgan fingerprint density at radius 1 is 0.976 bits per heavy atom. The van der Waals surface area contributed by atoms with E-state index in [1.165, 1.54) is 44.7 Å². The van der Waals surface area contributed by atoms with Crippen LogP contribution in [0.3, 0.4) is 0 Å². The van der Waals surface area contributed by atoms with Crippen molar-refractivity contribution in [2.75, 3.05) is 58.0 Å². The number of anilines is 1. The molecule has 13 heteroatoms. The van der Waals surface area contributed by atoms with Gasteiger partial charge in [0.2, 0.25) is 0 Å². The van der Waals surface area contributed by atoms with Crippen LogP contribution in [0.1, 0.15) is 5.56 Å². The van der Waals surface area contributed by atoms with Gasteiger partial charge in [-0.1, -0.05) is 18.2 Å². The highest BCUT2D eigenvalue weighted by Gasteiger charge is 2.29. The van der Waals surface area contributed by atoms with Gasteiger partial charge in [0, 0.05) is 19.2 Å². The van der Waals surface area contributed by atoms with Gasteiger partial charge in [0.15, 0.2) is 6.61 Å². The number of rotatable bonds is 12. The number of morpholine rings is 1. The molecule has 4 rings (SSSR count). The van der Waals surface area contributed by atoms with Crippen LogP contribution in [-0.4, -0.2) is 85.0 Å². The lowest BCUT2D eigenvalue weighted by Crippen LogP contribution is -2.42. The van der Waals surface area contributed by atoms with Gasteiger partial charge in [0.05, 0.1) is 44.2 Å². The van der Waals surface area contributed by atoms with E-state index in [1.54, 1.807) is 53.4 Å². The third-order valence-electron chi connectivity index (χ3n) is 6.28. The molecule has 0 bridgehead atoms. The number of hydrogen-bond acceptors (Lipinski definition) is 9. The third-order valence-corrected chi connectivity index (χ3v) is 8.06. The summed E-state index contributed by atoms with van der Waals surface area (Å²) in [5, 5.41) is 3.97. The van der Waals surface area contributed by atoms with Crippen molar-refractivity contribution in [3.63, 3.8) is 0 Å². The van der Waals surface area contributed by atoms with E-state index in [0.717, 1.165) is 4.31 Å². The van der Waals surface area contributed by atoms with Gasteiger partial charge in [-0.2, -0.15) is 5.10 Å². The number of amides is 2. The van der Waals surface area contributed by atoms with Crippen molar-refractivity contribution in [2.24, 2.45) is 5.10 Å². The monoisotopic (exact) mass is 596 g/mol. The highest BCUT2D eigenvalue weighted by Crippen LogP contribution is 2.35. The van der Waals surface area contributed by atoms with Crippen molar-refractivity contribution in [1.82, 2.24) is 10.3 Å². The minimum absolute atomic E-state index is 0.00752. The maximum atomic E-state index is 13.6. The molecule has 222 valence electrons. The molecule has 0 unspecified atom stereocenters. The van der Waals surface area contributed by atoms with E-state index in [4.69, 9.17) is 18.9 Å². The number of benzene rings is 3. The normalized spacial score (nSPS) is 13.4. The molecule has 0 aliphatic carbocycles. The first-order valence-electron chi connectivity index (χ1n) is 13.0. The number of hydrogen-bond donors (Lipinski definition) is 1. The maximum absolute atomic E-state index is 13.6. The first-order chi connectivity index (χ1) is 20.3. The average Bonchev–Trinajstić information content (AvgIpc) is 3.03. The molecule has 0 spiro atoms. The van der Waals surface area contributed by atoms with Crippen LogP contribution in [0.5, 0.6) is 17.2 Å². The Balaban J connectivity index is 1.41. The Labute approximate surface area is 244 Å². The average molecular weight is 597 g/mol. The van der Waals surface area contributed by atoms with Crippen LogP contribution in [0.4, 0.5) is 5.69 Å². The van der Waals surface area contributed by atoms with Crippen LogP contribution in [0.2, 0.25) is 0 Å². The Bertz CT molecular complexity index is 1490. The zero-order valence-corrected chi connectivity index (χ0v) is 24.1. The Kier molecular flexibility index (Phi) is 10.3. The standard InChI is InChI=1S/C29H32N4O8S/c1-38-24-12-13-26(27(18-24)39-2)33(42(36,37)25-6-4-3-5-7-25)20-28(34)31-30-19-22-8-10-23(11-9-22)41-21-29(35)32-14-16-40-17-15-32/h3-13,18-19H,14-17,20-21H2,1-2H3,(H,31,34)/b30-19-. The van der Waals surface area contributed by atoms with Crippen molar-refractivity contribution in [2.45, 2.75) is 4.90 Å². The molecule has 3 aromatic carbocycles. The quantitative estimate of drug-likeness (QED) is 0.249. The molecule has 1 aliphatic rings. The van der Waals surface area contributed by atoms with Crippen molar-refractivity contribution in [3.05, 3.63) is 78.4 Å². The fourth-order valence-corrected chi connectivity index (χ4v) is 5.51. The fourth-order valence-electron chi connectivity index (χ4n) is 4.05. The second-order valence-electron chi connectivity index (χ2n) is 9.01. The zero-order valence-electron chi connectivity index (χ0n) is 23.3. The molecule has 1 N–H and O–H groups in total. The highest BCUT2D eigenvalue weighted by molar-refractivity contribution is 7.92. The molecule has 2 amide bonds. The predicted molar refractivity (Wildman–Crippen MR) is 156 cm³/mol. The Hall–Kier alpha value is -4.62. The molecule has 0 aromatic heterocycles. The summed E-state index contributed by atoms with van der Waals surface area (Å²) < 4.78 is 49.6. The molecule has 42 heavy (non-hydrogen) atoms. The van der Waals surface area contributed by atoms with Crippen LogP contribution in [0.25, 0.3) is 0 Å². The molecule has 1 fully saturated rings. The smallest absolute Gasteiger partial charge is 0.264 e. The van der Waals surface area contributed by atoms with E-state index in [9.17, 15) is 18.0 Å². The lowest BCUT2D eigenvalue weighted by Gasteiger charge is -2.26. The Morgan fingerprint density at radius 2 is 1.67 bits per heavy atom. The summed E-state index contributed by atoms with van der Waals surface area (Å²) in [7, 11) is -1.27. The largest absolute Gasteiger partial charge is 0.497 e. The molecule has 0 saturated carbocycles. The molecule has 0 radical (unpaired) electrons. The van der Waals surface area contributed by atoms with Gasteiger partial charge >= 0.3 is 0 Å². The van der Waals surface area contributed by atoms with Gasteiger partial charge in [0.25, 0.3) is 21.8 Å². The fraction of sp³-hybridized carbons (Fsp3) is 0.276. The molecule has 1 aliphatic heterocycles. The minimum Gasteiger partial charge on any atom is -0.497 e. The van der Waals surface area contributed by atoms with Crippen molar-refractivity contribution in [1.29, 1.82) is 0 Å². The number of ether oxygens (including phenoxy) is 4. The molecule has 12 nitrogen and oxygen atoms in total. The zero-order chi connectivity index (χ0) is 30.0. The second kappa shape index (κ2) is 14.3. The molecular weight excluding hydrogens is 564 g/mol. The van der Waals surface area contributed by atoms with Gasteiger partial charge in [-0.3, -0.25) is 13.9 Å². The molecule has 3 aromatic rings. The summed E-state index contributed by atoms with van der Waals surface area (Å²) in [5.41, 5.74) is 3.18. The number of carbonyl (C=O) groups is 2. The maximum Gasteiger partial charge on any atom is 0.264 e. The van der Waals surface area contributed by atoms with Crippen LogP contribution < -0.4 is 23.9 Å². The van der Waals surface area contributed by atoms with Crippen LogP contribution in [0, 0.1) is 0 Å². The van der Waals surface area contributed by atoms with Gasteiger partial charge in [-0.25, -0.2) is 13.8 Å². The summed E-state index contributed by atoms with van der Waals surface area (Å²) in [6.45, 7) is 1.49. The van der Waals surface area contributed by atoms with Crippen LogP contribution in [-0.2, 0) is 24.3 Å². The van der Waals surface area contributed by atoms with Crippen molar-refractivity contribution in [3.8, 4) is 17.2 Å². The summed E-state index contributed by atoms with van der Waals surface area (Å²) in [6, 6.07) is 19.2. The lowest BCUT2D eigenvalue weighted by atomic mass is 10.2. The molecule has 1 saturated heterocycles. The number of hydrazone groups is 1. The van der Waals surface area contributed by atoms with Crippen LogP contribution >= 0.6 is 0 Å². The summed E-state index contributed by atoms with van der Waals surface area (Å²) >= 11 is 0. The minimum atomic E-state index is -4.15. The number of methoxy groups -OCH3 is 2. The number of carbonyl (C=O) groups excluding carboxylic acids is 2. The predicted octanol–water partition coefficient (Wildman–Crippen LogP) is 2.29. The van der Waals surface area contributed by atoms with E-state index >= 15 is 0 Å². The first-order valence-corrected chi connectivity index (χ1v) is 14.5. The summed E-state index contributed by atoms with van der Waals surface area (Å²) in [4.78, 5) is 26.8. The first kappa shape index (κ1) is 30.3. The van der Waals surface area contributed by atoms with E-state index in [2.05, 4.69) is 10.5 Å². The SMILES string of the molecule is COc1ccc(N(CC(=O)N/N=C\c2ccc(OCC(=O)N3CCOCC3)cc2)S(=O)(=O)c2ccccc2)c(OC)c1. The van der Waals surface area contributed by atoms with Crippen molar-refractivity contribution < 1.29 is 37.0 Å². The van der Waals surface area contributed by atoms with E-state index in [0.29, 0.717) is 43.4 Å². The Morgan fingerprint density at radius 3 is 2.33 bits per heavy atom. The molecule has 0 atom stereocenters. The van der Waals surface area contributed by atoms with Gasteiger partial charge in [-0.05, 0) is 54.1 Å². The van der Waals surface area contributed by atoms with E-state index in [-0.39, 0.29) is 28.8 Å². The number of nitrogens with one attached hydrogen (secondary N) is 1. The second-order valence-corrected chi connectivity index (χ2v) is 10.9. The van der Waals surface area contributed by atoms with Gasteiger partial charge in [0.1, 0.15) is 23.8 Å². The van der Waals surface area contributed by atoms with Gasteiger partial charge < -0.3 is 23.8 Å². The molecular formula is C29H32N4O8S. The van der Waals surface area contributed by atoms with E-state index < -0.39 is 22.5 Å². The summed E-state index contributed by atoms with van der Waals surface area (Å²) in [6.07, 6.45) is 1.41. The van der Waals surface area contributed by atoms with E-state index in [1.807, 2.05) is 0 Å². The third kappa shape index (κ3) is 7.77. The number of nitrogens with zero attached hydrogens (tertiary/aromatic N) is 3. The van der Waals surface area contributed by atoms with Crippen LogP contribution in [0.15, 0.2) is 82.8 Å².